The second-order valence-electron chi connectivity index (χ2n) is 14.7. The first kappa shape index (κ1) is 52.3. The van der Waals surface area contributed by atoms with E-state index < -0.39 is 25.1 Å². The van der Waals surface area contributed by atoms with Crippen molar-refractivity contribution in [2.45, 2.75) is 152 Å². The molecule has 0 saturated heterocycles. The van der Waals surface area contributed by atoms with Crippen molar-refractivity contribution in [3.8, 4) is 34.5 Å². The molecule has 0 unspecified atom stereocenters. The molecule has 4 rings (SSSR count). The van der Waals surface area contributed by atoms with Gasteiger partial charge in [-0.25, -0.2) is 8.42 Å². The first-order chi connectivity index (χ1) is 27.9. The standard InChI is InChI=1S/2C23H32O5S.Ca/c2*1-2-3-4-5-6-7-8-9-10-14-19-15-13-16-20(24)23(19)28-21-17-11-12-18-22(21)29(25,26)27;/h2*11-13,15-18,24H,2-10,14H2,1H3,(H,25,26,27);/q;;+2/p-2. The minimum absolute atomic E-state index is 0. The summed E-state index contributed by atoms with van der Waals surface area (Å²) in [5.74, 6) is -0.157. The summed E-state index contributed by atoms with van der Waals surface area (Å²) in [6.07, 6.45) is 23.2. The number of ether oxygens (including phenoxy) is 2. The molecule has 0 aromatic heterocycles. The zero-order valence-electron chi connectivity index (χ0n) is 34.9. The summed E-state index contributed by atoms with van der Waals surface area (Å²) in [5, 5.41) is 22.6. The van der Waals surface area contributed by atoms with E-state index in [2.05, 4.69) is 13.8 Å². The number of hydrogen-bond acceptors (Lipinski definition) is 9. The van der Waals surface area contributed by atoms with Crippen LogP contribution in [0.15, 0.2) is 94.7 Å². The summed E-state index contributed by atoms with van der Waals surface area (Å²) in [5.41, 5.74) is 1.55. The van der Waals surface area contributed by atoms with Gasteiger partial charge in [0.2, 0.25) is 0 Å². The quantitative estimate of drug-likeness (QED) is 0.0351. The fraction of sp³-hybridized carbons (Fsp3) is 0.478. The molecule has 4 aromatic carbocycles. The Labute approximate surface area is 383 Å². The average molecular weight is 879 g/mol. The molecular formula is C46H62CaO10S2. The molecule has 0 saturated carbocycles. The average Bonchev–Trinajstić information content (AvgIpc) is 3.19. The maximum Gasteiger partial charge on any atom is 2.00 e. The molecule has 0 atom stereocenters. The molecule has 0 aliphatic carbocycles. The van der Waals surface area contributed by atoms with Crippen molar-refractivity contribution in [2.75, 3.05) is 0 Å². The zero-order chi connectivity index (χ0) is 42.2. The number of phenolic OH excluding ortho intramolecular Hbond substituents is 1. The van der Waals surface area contributed by atoms with Crippen molar-refractivity contribution >= 4 is 58.0 Å². The predicted octanol–water partition coefficient (Wildman–Crippen LogP) is 11.7. The van der Waals surface area contributed by atoms with Gasteiger partial charge in [-0.3, -0.25) is 4.55 Å². The number of hydrogen-bond donors (Lipinski definition) is 2. The van der Waals surface area contributed by atoms with Gasteiger partial charge in [-0.15, -0.1) is 0 Å². The number of rotatable bonds is 26. The Kier molecular flexibility index (Phi) is 25.4. The van der Waals surface area contributed by atoms with Crippen molar-refractivity contribution in [1.29, 1.82) is 0 Å². The van der Waals surface area contributed by atoms with Crippen LogP contribution in [-0.2, 0) is 33.1 Å². The largest absolute Gasteiger partial charge is 2.00 e. The first-order valence-corrected chi connectivity index (χ1v) is 23.8. The first-order valence-electron chi connectivity index (χ1n) is 20.9. The SMILES string of the molecule is CCCCCCCCCCCc1cccc(O)c1Oc1ccccc1S(=O)(=O)O.CCCCCCCCCCCc1cccc([O-])c1Oc1ccccc1S(=O)(=O)[O-].[Ca+2]. The van der Waals surface area contributed by atoms with Gasteiger partial charge >= 0.3 is 37.7 Å². The minimum atomic E-state index is -4.69. The monoisotopic (exact) mass is 878 g/mol. The van der Waals surface area contributed by atoms with E-state index in [1.807, 2.05) is 12.1 Å². The van der Waals surface area contributed by atoms with Crippen LogP contribution in [0.2, 0.25) is 0 Å². The summed E-state index contributed by atoms with van der Waals surface area (Å²) >= 11 is 0. The van der Waals surface area contributed by atoms with Gasteiger partial charge in [0.05, 0.1) is 4.90 Å². The Bertz CT molecular complexity index is 1870. The Morgan fingerprint density at radius 2 is 0.898 bits per heavy atom. The van der Waals surface area contributed by atoms with E-state index in [0.29, 0.717) is 6.42 Å². The van der Waals surface area contributed by atoms with Gasteiger partial charge in [0.1, 0.15) is 32.3 Å². The summed E-state index contributed by atoms with van der Waals surface area (Å²) in [4.78, 5) is -0.783. The number of para-hydroxylation sites is 4. The molecule has 13 heteroatoms. The van der Waals surface area contributed by atoms with Crippen LogP contribution in [0.1, 0.15) is 141 Å². The molecule has 0 bridgehead atoms. The van der Waals surface area contributed by atoms with Crippen molar-refractivity contribution < 1.29 is 45.6 Å². The third-order valence-corrected chi connectivity index (χ3v) is 11.7. The number of aromatic hydroxyl groups is 1. The Hall–Kier alpha value is -2.84. The number of aryl methyl sites for hydroxylation is 2. The molecule has 10 nitrogen and oxygen atoms in total. The van der Waals surface area contributed by atoms with E-state index in [1.54, 1.807) is 24.3 Å². The van der Waals surface area contributed by atoms with E-state index in [0.717, 1.165) is 49.7 Å². The van der Waals surface area contributed by atoms with E-state index >= 15 is 0 Å². The van der Waals surface area contributed by atoms with E-state index in [4.69, 9.17) is 9.47 Å². The number of phenols is 1. The number of unbranched alkanes of at least 4 members (excludes halogenated alkanes) is 16. The van der Waals surface area contributed by atoms with E-state index in [1.165, 1.54) is 132 Å². The molecule has 320 valence electrons. The maximum atomic E-state index is 12.3. The fourth-order valence-electron chi connectivity index (χ4n) is 6.72. The Balaban J connectivity index is 0.000000400. The summed E-state index contributed by atoms with van der Waals surface area (Å²) in [7, 11) is -9.11. The minimum Gasteiger partial charge on any atom is -0.870 e. The molecule has 0 amide bonds. The van der Waals surface area contributed by atoms with Gasteiger partial charge in [0.25, 0.3) is 10.1 Å². The normalized spacial score (nSPS) is 11.3. The summed E-state index contributed by atoms with van der Waals surface area (Å²) < 4.78 is 78.3. The van der Waals surface area contributed by atoms with E-state index in [9.17, 15) is 36.2 Å². The maximum absolute atomic E-state index is 12.3. The van der Waals surface area contributed by atoms with Crippen LogP contribution in [0.5, 0.6) is 34.5 Å². The second kappa shape index (κ2) is 28.6. The van der Waals surface area contributed by atoms with Crippen molar-refractivity contribution in [3.63, 3.8) is 0 Å². The van der Waals surface area contributed by atoms with Crippen molar-refractivity contribution in [2.24, 2.45) is 0 Å². The van der Waals surface area contributed by atoms with Gasteiger partial charge < -0.3 is 24.2 Å². The van der Waals surface area contributed by atoms with Gasteiger partial charge in [-0.05, 0) is 67.1 Å². The van der Waals surface area contributed by atoms with Crippen LogP contribution < -0.4 is 14.6 Å². The molecule has 0 fully saturated rings. The van der Waals surface area contributed by atoms with Gasteiger partial charge in [-0.2, -0.15) is 8.42 Å². The van der Waals surface area contributed by atoms with Crippen LogP contribution in [0.4, 0.5) is 0 Å². The van der Waals surface area contributed by atoms with Crippen LogP contribution in [0, 0.1) is 0 Å². The van der Waals surface area contributed by atoms with Gasteiger partial charge in [0.15, 0.2) is 11.5 Å². The van der Waals surface area contributed by atoms with E-state index in [-0.39, 0.29) is 77.1 Å². The predicted molar refractivity (Wildman–Crippen MR) is 232 cm³/mol. The molecule has 0 radical (unpaired) electrons. The summed E-state index contributed by atoms with van der Waals surface area (Å²) in [6, 6.07) is 21.4. The van der Waals surface area contributed by atoms with Crippen LogP contribution in [-0.4, -0.2) is 68.8 Å². The van der Waals surface area contributed by atoms with Crippen LogP contribution in [0.25, 0.3) is 0 Å². The molecule has 0 aliphatic rings. The molecule has 0 heterocycles. The van der Waals surface area contributed by atoms with Gasteiger partial charge in [-0.1, -0.05) is 177 Å². The van der Waals surface area contributed by atoms with Crippen LogP contribution in [0.3, 0.4) is 0 Å². The third kappa shape index (κ3) is 19.6. The smallest absolute Gasteiger partial charge is 0.870 e. The molecule has 0 spiro atoms. The Morgan fingerprint density at radius 1 is 0.508 bits per heavy atom. The topological polar surface area (TPSA) is 173 Å². The molecular weight excluding hydrogens is 817 g/mol. The molecule has 59 heavy (non-hydrogen) atoms. The van der Waals surface area contributed by atoms with Crippen molar-refractivity contribution in [3.05, 3.63) is 96.1 Å². The fourth-order valence-corrected chi connectivity index (χ4v) is 7.94. The second-order valence-corrected chi connectivity index (χ2v) is 17.4. The molecule has 2 N–H and O–H groups in total. The molecule has 0 aliphatic heterocycles. The third-order valence-electron chi connectivity index (χ3n) is 9.91. The van der Waals surface area contributed by atoms with Crippen molar-refractivity contribution in [1.82, 2.24) is 0 Å². The number of benzene rings is 4. The summed E-state index contributed by atoms with van der Waals surface area (Å²) in [6.45, 7) is 4.44. The van der Waals surface area contributed by atoms with Crippen LogP contribution >= 0.6 is 0 Å². The molecule has 4 aromatic rings. The Morgan fingerprint density at radius 3 is 1.37 bits per heavy atom. The zero-order valence-corrected chi connectivity index (χ0v) is 38.8. The van der Waals surface area contributed by atoms with Gasteiger partial charge in [0, 0.05) is 0 Å².